The van der Waals surface area contributed by atoms with Crippen LogP contribution in [0.25, 0.3) is 0 Å². The molecular weight excluding hydrogens is 545 g/mol. The van der Waals surface area contributed by atoms with E-state index in [4.69, 9.17) is 27.9 Å². The number of anilines is 5. The molecule has 1 aliphatic rings. The molecule has 0 saturated carbocycles. The van der Waals surface area contributed by atoms with Crippen molar-refractivity contribution in [2.24, 2.45) is 0 Å². The third kappa shape index (κ3) is 6.44. The molecule has 0 unspecified atom stereocenters. The number of aromatic nitrogens is 2. The summed E-state index contributed by atoms with van der Waals surface area (Å²) >= 11 is 12.4. The van der Waals surface area contributed by atoms with Crippen LogP contribution in [0.3, 0.4) is 0 Å². The summed E-state index contributed by atoms with van der Waals surface area (Å²) in [6.45, 7) is 4.79. The van der Waals surface area contributed by atoms with Crippen LogP contribution in [-0.2, 0) is 5.60 Å². The Hall–Kier alpha value is -3.38. The lowest BCUT2D eigenvalue weighted by Gasteiger charge is -2.43. The second-order valence-corrected chi connectivity index (χ2v) is 10.9. The molecule has 11 nitrogen and oxygen atoms in total. The Bertz CT molecular complexity index is 1380. The zero-order chi connectivity index (χ0) is 28.5. The number of ether oxygens (including phenoxy) is 1. The topological polar surface area (TPSA) is 129 Å². The maximum atomic E-state index is 12.0. The van der Waals surface area contributed by atoms with Gasteiger partial charge in [-0.2, -0.15) is 4.98 Å². The highest BCUT2D eigenvalue weighted by atomic mass is 35.5. The molecule has 208 valence electrons. The van der Waals surface area contributed by atoms with Crippen molar-refractivity contribution < 1.29 is 14.8 Å². The average molecular weight is 576 g/mol. The van der Waals surface area contributed by atoms with Gasteiger partial charge in [0.15, 0.2) is 0 Å². The Balaban J connectivity index is 1.64. The Morgan fingerprint density at radius 1 is 1.21 bits per heavy atom. The molecule has 2 aromatic carbocycles. The number of hydrogen-bond donors (Lipinski definition) is 3. The fraction of sp³-hybridized carbons (Fsp3) is 0.385. The summed E-state index contributed by atoms with van der Waals surface area (Å²) in [5.74, 6) is 0.995. The van der Waals surface area contributed by atoms with E-state index in [9.17, 15) is 15.2 Å². The van der Waals surface area contributed by atoms with Crippen LogP contribution in [0.15, 0.2) is 36.5 Å². The van der Waals surface area contributed by atoms with Gasteiger partial charge in [-0.15, -0.1) is 0 Å². The summed E-state index contributed by atoms with van der Waals surface area (Å²) in [6.07, 6.45) is 2.49. The molecule has 13 heteroatoms. The minimum atomic E-state index is -1.21. The van der Waals surface area contributed by atoms with Crippen LogP contribution in [0.4, 0.5) is 34.5 Å². The number of benzene rings is 2. The van der Waals surface area contributed by atoms with Crippen molar-refractivity contribution in [1.82, 2.24) is 14.9 Å². The van der Waals surface area contributed by atoms with E-state index < -0.39 is 10.5 Å². The second kappa shape index (κ2) is 11.4. The fourth-order valence-electron chi connectivity index (χ4n) is 4.47. The van der Waals surface area contributed by atoms with Crippen molar-refractivity contribution in [1.29, 1.82) is 0 Å². The van der Waals surface area contributed by atoms with Gasteiger partial charge in [0.2, 0.25) is 5.95 Å². The average Bonchev–Trinajstić information content (AvgIpc) is 2.84. The standard InChI is InChI=1S/C26H31Cl2N7O4/c1-26(2,36)16-10-17(27)18(28)11-19(16)30-24-6-8-29-25(32-24)31-20-12-22(35(37)38)21(13-23(20)39-5)34-9-7-15(34)14-33(3)4/h6,8,10-13,15,36H,7,9,14H2,1-5H3,(H2,29,30,31,32)/t15-/m1/s1. The lowest BCUT2D eigenvalue weighted by molar-refractivity contribution is -0.384. The highest BCUT2D eigenvalue weighted by molar-refractivity contribution is 6.42. The molecule has 4 rings (SSSR count). The molecule has 39 heavy (non-hydrogen) atoms. The smallest absolute Gasteiger partial charge is 0.294 e. The van der Waals surface area contributed by atoms with E-state index in [-0.39, 0.29) is 17.7 Å². The van der Waals surface area contributed by atoms with Crippen LogP contribution in [0.1, 0.15) is 25.8 Å². The number of nitrogens with zero attached hydrogens (tertiary/aromatic N) is 5. The molecule has 3 aromatic rings. The maximum Gasteiger partial charge on any atom is 0.294 e. The Morgan fingerprint density at radius 3 is 2.51 bits per heavy atom. The van der Waals surface area contributed by atoms with Crippen LogP contribution >= 0.6 is 23.2 Å². The van der Waals surface area contributed by atoms with Gasteiger partial charge >= 0.3 is 0 Å². The Morgan fingerprint density at radius 2 is 1.92 bits per heavy atom. The number of rotatable bonds is 10. The number of halogens is 2. The summed E-state index contributed by atoms with van der Waals surface area (Å²) in [7, 11) is 5.47. The van der Waals surface area contributed by atoms with E-state index in [1.165, 1.54) is 19.4 Å². The number of likely N-dealkylation sites (N-methyl/N-ethyl adjacent to an activating group) is 1. The highest BCUT2D eigenvalue weighted by Gasteiger charge is 2.34. The first-order valence-electron chi connectivity index (χ1n) is 12.2. The molecule has 1 saturated heterocycles. The largest absolute Gasteiger partial charge is 0.494 e. The van der Waals surface area contributed by atoms with Crippen molar-refractivity contribution in [3.63, 3.8) is 0 Å². The molecule has 0 amide bonds. The molecule has 0 aliphatic carbocycles. The lowest BCUT2D eigenvalue weighted by atomic mass is 9.96. The first kappa shape index (κ1) is 28.6. The first-order valence-corrected chi connectivity index (χ1v) is 13.0. The monoisotopic (exact) mass is 575 g/mol. The SMILES string of the molecule is COc1cc(N2CC[C@@H]2CN(C)C)c([N+](=O)[O-])cc1Nc1nccc(Nc2cc(Cl)c(Cl)cc2C(C)(C)O)n1. The van der Waals surface area contributed by atoms with Crippen LogP contribution in [0.2, 0.25) is 10.0 Å². The number of nitrogens with one attached hydrogen (secondary N) is 2. The summed E-state index contributed by atoms with van der Waals surface area (Å²) in [4.78, 5) is 24.5. The summed E-state index contributed by atoms with van der Waals surface area (Å²) in [5, 5.41) is 29.5. The minimum Gasteiger partial charge on any atom is -0.494 e. The Kier molecular flexibility index (Phi) is 8.36. The normalized spacial score (nSPS) is 15.2. The van der Waals surface area contributed by atoms with Crippen LogP contribution < -0.4 is 20.3 Å². The zero-order valence-electron chi connectivity index (χ0n) is 22.3. The predicted octanol–water partition coefficient (Wildman–Crippen LogP) is 5.56. The number of methoxy groups -OCH3 is 1. The molecule has 0 radical (unpaired) electrons. The van der Waals surface area contributed by atoms with Crippen LogP contribution in [0.5, 0.6) is 5.75 Å². The van der Waals surface area contributed by atoms with Gasteiger partial charge in [0.1, 0.15) is 17.3 Å². The molecule has 1 atom stereocenters. The maximum absolute atomic E-state index is 12.0. The van der Waals surface area contributed by atoms with Crippen LogP contribution in [-0.4, -0.2) is 65.2 Å². The summed E-state index contributed by atoms with van der Waals surface area (Å²) in [6, 6.07) is 8.14. The van der Waals surface area contributed by atoms with Gasteiger partial charge in [0, 0.05) is 48.7 Å². The molecule has 3 N–H and O–H groups in total. The van der Waals surface area contributed by atoms with Crippen molar-refractivity contribution >= 4 is 57.7 Å². The first-order chi connectivity index (χ1) is 18.4. The van der Waals surface area contributed by atoms with Crippen molar-refractivity contribution in [2.75, 3.05) is 49.8 Å². The van der Waals surface area contributed by atoms with E-state index in [1.807, 2.05) is 19.0 Å². The summed E-state index contributed by atoms with van der Waals surface area (Å²) < 4.78 is 5.58. The van der Waals surface area contributed by atoms with E-state index in [0.29, 0.717) is 44.2 Å². The quantitative estimate of drug-likeness (QED) is 0.209. The number of aliphatic hydroxyl groups is 1. The highest BCUT2D eigenvalue weighted by Crippen LogP contribution is 2.42. The van der Waals surface area contributed by atoms with Crippen molar-refractivity contribution in [3.05, 3.63) is 62.3 Å². The van der Waals surface area contributed by atoms with Gasteiger partial charge < -0.3 is 30.3 Å². The Labute approximate surface area is 236 Å². The molecule has 1 fully saturated rings. The van der Waals surface area contributed by atoms with E-state index in [1.54, 1.807) is 38.1 Å². The summed E-state index contributed by atoms with van der Waals surface area (Å²) in [5.41, 5.74) is 0.650. The van der Waals surface area contributed by atoms with E-state index in [0.717, 1.165) is 19.5 Å². The van der Waals surface area contributed by atoms with Crippen molar-refractivity contribution in [2.45, 2.75) is 31.9 Å². The molecule has 2 heterocycles. The van der Waals surface area contributed by atoms with Gasteiger partial charge in [-0.25, -0.2) is 4.98 Å². The number of hydrogen-bond acceptors (Lipinski definition) is 10. The molecule has 1 aliphatic heterocycles. The fourth-order valence-corrected chi connectivity index (χ4v) is 4.80. The van der Waals surface area contributed by atoms with Gasteiger partial charge in [0.25, 0.3) is 5.69 Å². The number of nitro groups is 1. The minimum absolute atomic E-state index is 0.0401. The van der Waals surface area contributed by atoms with Gasteiger partial charge in [0.05, 0.1) is 33.4 Å². The molecule has 0 bridgehead atoms. The van der Waals surface area contributed by atoms with E-state index >= 15 is 0 Å². The van der Waals surface area contributed by atoms with Gasteiger partial charge in [-0.1, -0.05) is 23.2 Å². The lowest BCUT2D eigenvalue weighted by Crippen LogP contribution is -2.52. The molecular formula is C26H31Cl2N7O4. The van der Waals surface area contributed by atoms with Gasteiger partial charge in [-0.05, 0) is 52.6 Å². The van der Waals surface area contributed by atoms with Gasteiger partial charge in [-0.3, -0.25) is 10.1 Å². The molecule has 1 aromatic heterocycles. The predicted molar refractivity (Wildman–Crippen MR) is 154 cm³/mol. The zero-order valence-corrected chi connectivity index (χ0v) is 23.8. The third-order valence-corrected chi connectivity index (χ3v) is 7.13. The number of nitro benzene ring substituents is 1. The second-order valence-electron chi connectivity index (χ2n) is 10.1. The van der Waals surface area contributed by atoms with E-state index in [2.05, 4.69) is 25.5 Å². The van der Waals surface area contributed by atoms with Crippen molar-refractivity contribution in [3.8, 4) is 5.75 Å². The third-order valence-electron chi connectivity index (χ3n) is 6.41. The van der Waals surface area contributed by atoms with Crippen LogP contribution in [0, 0.1) is 10.1 Å². The molecule has 0 spiro atoms.